The molecule has 0 saturated carbocycles. The van der Waals surface area contributed by atoms with Crippen LogP contribution in [0.5, 0.6) is 0 Å². The second-order valence-corrected chi connectivity index (χ2v) is 9.99. The smallest absolute Gasteiger partial charge is 0.253 e. The Bertz CT molecular complexity index is 1050. The topological polar surface area (TPSA) is 53.2 Å². The van der Waals surface area contributed by atoms with Crippen molar-refractivity contribution < 1.29 is 4.79 Å². The summed E-state index contributed by atoms with van der Waals surface area (Å²) in [5.74, 6) is -0.386. The van der Waals surface area contributed by atoms with E-state index >= 15 is 0 Å². The van der Waals surface area contributed by atoms with Crippen LogP contribution in [0.2, 0.25) is 0 Å². The molecule has 150 valence electrons. The number of thiocarbonyl (C=S) groups is 1. The zero-order chi connectivity index (χ0) is 21.0. The summed E-state index contributed by atoms with van der Waals surface area (Å²) in [4.78, 5) is 12.9. The molecular weight excluding hydrogens is 564 g/mol. The fourth-order valence-corrected chi connectivity index (χ4v) is 3.76. The number of anilines is 1. The predicted octanol–water partition coefficient (Wildman–Crippen LogP) is 5.86. The molecule has 1 unspecified atom stereocenters. The maximum Gasteiger partial charge on any atom is 0.253 e. The summed E-state index contributed by atoms with van der Waals surface area (Å²) in [6, 6.07) is 20.6. The van der Waals surface area contributed by atoms with Gasteiger partial charge in [-0.1, -0.05) is 83.3 Å². The van der Waals surface area contributed by atoms with Gasteiger partial charge in [0.1, 0.15) is 6.17 Å². The zero-order valence-electron chi connectivity index (χ0n) is 14.8. The molecule has 1 amide bonds. The van der Waals surface area contributed by atoms with Crippen molar-refractivity contribution in [2.75, 3.05) is 5.32 Å². The number of halogens is 4. The van der Waals surface area contributed by atoms with Crippen molar-refractivity contribution in [2.24, 2.45) is 0 Å². The van der Waals surface area contributed by atoms with Crippen molar-refractivity contribution in [1.82, 2.24) is 10.6 Å². The number of amides is 1. The summed E-state index contributed by atoms with van der Waals surface area (Å²) in [5, 5.41) is 10.6. The van der Waals surface area contributed by atoms with Gasteiger partial charge in [0, 0.05) is 9.13 Å². The van der Waals surface area contributed by atoms with Crippen molar-refractivity contribution in [3.63, 3.8) is 0 Å². The van der Waals surface area contributed by atoms with Crippen LogP contribution in [0, 0.1) is 3.57 Å². The monoisotopic (exact) mass is 577 g/mol. The van der Waals surface area contributed by atoms with Crippen LogP contribution in [-0.4, -0.2) is 21.0 Å². The lowest BCUT2D eigenvalue weighted by Gasteiger charge is -2.28. The Hall–Kier alpha value is -1.32. The third-order valence-electron chi connectivity index (χ3n) is 4.03. The summed E-state index contributed by atoms with van der Waals surface area (Å²) < 4.78 is -0.866. The summed E-state index contributed by atoms with van der Waals surface area (Å²) in [5.41, 5.74) is 1.27. The molecule has 0 aliphatic carbocycles. The van der Waals surface area contributed by atoms with E-state index in [0.717, 1.165) is 20.0 Å². The van der Waals surface area contributed by atoms with Crippen LogP contribution in [0.4, 0.5) is 5.69 Å². The molecule has 1 atom stereocenters. The molecule has 0 aromatic heterocycles. The number of benzene rings is 3. The van der Waals surface area contributed by atoms with Crippen molar-refractivity contribution >= 4 is 97.1 Å². The minimum absolute atomic E-state index is 0.212. The molecule has 0 radical (unpaired) electrons. The van der Waals surface area contributed by atoms with Crippen LogP contribution in [0.3, 0.4) is 0 Å². The van der Waals surface area contributed by atoms with Crippen molar-refractivity contribution in [3.8, 4) is 0 Å². The van der Waals surface area contributed by atoms with Crippen LogP contribution in [0.1, 0.15) is 10.4 Å². The molecule has 0 saturated heterocycles. The minimum atomic E-state index is -1.84. The van der Waals surface area contributed by atoms with E-state index in [4.69, 9.17) is 47.0 Å². The molecule has 3 aromatic carbocycles. The third kappa shape index (κ3) is 5.86. The Morgan fingerprint density at radius 3 is 2.31 bits per heavy atom. The molecule has 3 rings (SSSR count). The number of carbonyl (C=O) groups excluding carboxylic acids is 1. The highest BCUT2D eigenvalue weighted by molar-refractivity contribution is 14.1. The second kappa shape index (κ2) is 9.66. The van der Waals surface area contributed by atoms with E-state index < -0.39 is 9.96 Å². The first-order valence-corrected chi connectivity index (χ1v) is 11.0. The van der Waals surface area contributed by atoms with Gasteiger partial charge in [-0.25, -0.2) is 0 Å². The fourth-order valence-electron chi connectivity index (χ4n) is 2.68. The molecular formula is C20H15Cl3IN3OS. The largest absolute Gasteiger partial charge is 0.339 e. The van der Waals surface area contributed by atoms with Gasteiger partial charge in [-0.05, 0) is 63.8 Å². The maximum absolute atomic E-state index is 12.9. The summed E-state index contributed by atoms with van der Waals surface area (Å²) >= 11 is 25.8. The van der Waals surface area contributed by atoms with Gasteiger partial charge in [-0.3, -0.25) is 4.79 Å². The lowest BCUT2D eigenvalue weighted by molar-refractivity contribution is 0.0936. The number of para-hydroxylation sites is 1. The molecule has 0 fully saturated rings. The van der Waals surface area contributed by atoms with Crippen LogP contribution in [0.15, 0.2) is 66.7 Å². The molecule has 0 aliphatic rings. The molecule has 0 aliphatic heterocycles. The summed E-state index contributed by atoms with van der Waals surface area (Å²) in [6.45, 7) is 0. The SMILES string of the molecule is O=C(NC(NC(=S)Nc1ccccc1I)C(Cl)(Cl)Cl)c1cccc2ccccc12. The normalized spacial score (nSPS) is 12.3. The van der Waals surface area contributed by atoms with Gasteiger partial charge in [0.05, 0.1) is 5.69 Å². The zero-order valence-corrected chi connectivity index (χ0v) is 20.0. The average Bonchev–Trinajstić information content (AvgIpc) is 2.68. The molecule has 29 heavy (non-hydrogen) atoms. The molecule has 0 heterocycles. The Kier molecular flexibility index (Phi) is 7.45. The van der Waals surface area contributed by atoms with E-state index in [0.29, 0.717) is 5.56 Å². The Labute approximate surface area is 202 Å². The van der Waals surface area contributed by atoms with E-state index in [1.807, 2.05) is 54.6 Å². The van der Waals surface area contributed by atoms with Gasteiger partial charge >= 0.3 is 0 Å². The summed E-state index contributed by atoms with van der Waals surface area (Å²) in [7, 11) is 0. The highest BCUT2D eigenvalue weighted by atomic mass is 127. The first-order valence-electron chi connectivity index (χ1n) is 8.43. The van der Waals surface area contributed by atoms with Crippen LogP contribution in [0.25, 0.3) is 10.8 Å². The van der Waals surface area contributed by atoms with Gasteiger partial charge < -0.3 is 16.0 Å². The Morgan fingerprint density at radius 1 is 0.931 bits per heavy atom. The predicted molar refractivity (Wildman–Crippen MR) is 134 cm³/mol. The van der Waals surface area contributed by atoms with Gasteiger partial charge in [-0.2, -0.15) is 0 Å². The highest BCUT2D eigenvalue weighted by Gasteiger charge is 2.35. The number of hydrogen-bond donors (Lipinski definition) is 3. The van der Waals surface area contributed by atoms with E-state index in [1.54, 1.807) is 12.1 Å². The van der Waals surface area contributed by atoms with Gasteiger partial charge in [0.15, 0.2) is 5.11 Å². The molecule has 4 nitrogen and oxygen atoms in total. The van der Waals surface area contributed by atoms with Gasteiger partial charge in [0.25, 0.3) is 5.91 Å². The number of alkyl halides is 3. The lowest BCUT2D eigenvalue weighted by atomic mass is 10.0. The Balaban J connectivity index is 1.78. The average molecular weight is 579 g/mol. The number of carbonyl (C=O) groups is 1. The van der Waals surface area contributed by atoms with E-state index in [-0.39, 0.29) is 11.0 Å². The van der Waals surface area contributed by atoms with Crippen molar-refractivity contribution in [3.05, 3.63) is 75.9 Å². The first kappa shape index (κ1) is 22.4. The lowest BCUT2D eigenvalue weighted by Crippen LogP contribution is -2.56. The second-order valence-electron chi connectivity index (χ2n) is 6.05. The Morgan fingerprint density at radius 2 is 1.59 bits per heavy atom. The van der Waals surface area contributed by atoms with E-state index in [9.17, 15) is 4.79 Å². The number of nitrogens with one attached hydrogen (secondary N) is 3. The highest BCUT2D eigenvalue weighted by Crippen LogP contribution is 2.30. The number of rotatable bonds is 4. The van der Waals surface area contributed by atoms with E-state index in [2.05, 4.69) is 38.5 Å². The van der Waals surface area contributed by atoms with Crippen LogP contribution in [-0.2, 0) is 0 Å². The van der Waals surface area contributed by atoms with Gasteiger partial charge in [0.2, 0.25) is 3.79 Å². The van der Waals surface area contributed by atoms with E-state index in [1.165, 1.54) is 0 Å². The fraction of sp³-hybridized carbons (Fsp3) is 0.100. The van der Waals surface area contributed by atoms with Gasteiger partial charge in [-0.15, -0.1) is 0 Å². The van der Waals surface area contributed by atoms with Crippen molar-refractivity contribution in [2.45, 2.75) is 9.96 Å². The number of fused-ring (bicyclic) bond motifs is 1. The molecule has 0 spiro atoms. The minimum Gasteiger partial charge on any atom is -0.339 e. The van der Waals surface area contributed by atoms with Crippen LogP contribution >= 0.6 is 69.6 Å². The number of hydrogen-bond acceptors (Lipinski definition) is 2. The summed E-state index contributed by atoms with van der Waals surface area (Å²) in [6.07, 6.45) is -1.06. The molecule has 9 heteroatoms. The first-order chi connectivity index (χ1) is 13.8. The molecule has 3 aromatic rings. The van der Waals surface area contributed by atoms with Crippen molar-refractivity contribution in [1.29, 1.82) is 0 Å². The third-order valence-corrected chi connectivity index (χ3v) is 5.85. The molecule has 0 bridgehead atoms. The molecule has 3 N–H and O–H groups in total. The maximum atomic E-state index is 12.9. The van der Waals surface area contributed by atoms with Crippen LogP contribution < -0.4 is 16.0 Å². The quantitative estimate of drug-likeness (QED) is 0.157. The standard InChI is InChI=1S/C20H15Cl3IN3OS/c21-20(22,23)18(27-19(29)25-16-11-4-3-10-15(16)24)26-17(28)14-9-5-7-12-6-1-2-8-13(12)14/h1-11,18H,(H,26,28)(H2,25,27,29).